The largest absolute Gasteiger partial charge is 0.478 e. The minimum atomic E-state index is -4.82. The summed E-state index contributed by atoms with van der Waals surface area (Å²) >= 11 is 0. The van der Waals surface area contributed by atoms with Gasteiger partial charge in [-0.3, -0.25) is 23.9 Å². The van der Waals surface area contributed by atoms with Crippen molar-refractivity contribution in [1.82, 2.24) is 29.8 Å². The van der Waals surface area contributed by atoms with Crippen LogP contribution in [-0.4, -0.2) is 130 Å². The van der Waals surface area contributed by atoms with Gasteiger partial charge < -0.3 is 29.9 Å². The second-order valence-corrected chi connectivity index (χ2v) is 18.8. The van der Waals surface area contributed by atoms with Gasteiger partial charge in [0.2, 0.25) is 17.7 Å². The molecule has 5 aliphatic rings. The molecule has 2 saturated carbocycles. The smallest absolute Gasteiger partial charge is 0.416 e. The molecule has 5 fully saturated rings. The highest BCUT2D eigenvalue weighted by molar-refractivity contribution is 5.96. The van der Waals surface area contributed by atoms with Crippen LogP contribution in [0.4, 0.5) is 39.5 Å². The van der Waals surface area contributed by atoms with Crippen LogP contribution in [0.15, 0.2) is 60.9 Å². The number of ether oxygens (including phenoxy) is 1. The molecule has 8 rings (SSSR count). The lowest BCUT2D eigenvalue weighted by Crippen LogP contribution is -2.67. The summed E-state index contributed by atoms with van der Waals surface area (Å²) in [5.41, 5.74) is -5.45. The van der Waals surface area contributed by atoms with Gasteiger partial charge >= 0.3 is 24.5 Å². The van der Waals surface area contributed by atoms with Crippen LogP contribution < -0.4 is 5.32 Å². The van der Waals surface area contributed by atoms with E-state index in [9.17, 15) is 68.6 Å². The van der Waals surface area contributed by atoms with E-state index in [0.29, 0.717) is 18.4 Å². The van der Waals surface area contributed by atoms with Crippen molar-refractivity contribution in [2.45, 2.75) is 88.6 Å². The predicted molar refractivity (Wildman–Crippen MR) is 216 cm³/mol. The summed E-state index contributed by atoms with van der Waals surface area (Å²) in [6, 6.07) is 9.06. The van der Waals surface area contributed by atoms with Gasteiger partial charge in [-0.05, 0) is 86.8 Å². The van der Waals surface area contributed by atoms with Gasteiger partial charge in [-0.25, -0.2) is 4.79 Å². The topological polar surface area (TPSA) is 154 Å². The van der Waals surface area contributed by atoms with Gasteiger partial charge in [0, 0.05) is 50.9 Å². The molecule has 0 bridgehead atoms. The summed E-state index contributed by atoms with van der Waals surface area (Å²) in [5.74, 6) is -5.70. The van der Waals surface area contributed by atoms with Crippen molar-refractivity contribution in [3.8, 4) is 0 Å². The highest BCUT2D eigenvalue weighted by atomic mass is 19.4. The van der Waals surface area contributed by atoms with Crippen LogP contribution in [-0.2, 0) is 31.8 Å². The van der Waals surface area contributed by atoms with E-state index in [1.807, 2.05) is 0 Å². The molecule has 2 aliphatic carbocycles. The molecule has 1 spiro atoms. The third-order valence-corrected chi connectivity index (χ3v) is 14.3. The number of rotatable bonds is 13. The number of benzene rings is 2. The highest BCUT2D eigenvalue weighted by Crippen LogP contribution is 2.60. The molecule has 3 saturated heterocycles. The van der Waals surface area contributed by atoms with Crippen molar-refractivity contribution < 1.29 is 73.3 Å². The Morgan fingerprint density at radius 1 is 0.806 bits per heavy atom. The summed E-state index contributed by atoms with van der Waals surface area (Å²) in [5, 5.41) is 16.1. The predicted octanol–water partition coefficient (Wildman–Crippen LogP) is 6.53. The molecular formula is C45H47F9N6O7. The molecule has 3 atom stereocenters. The fourth-order valence-corrected chi connectivity index (χ4v) is 9.65. The summed E-state index contributed by atoms with van der Waals surface area (Å²) in [7, 11) is 0. The number of alkyl halides is 9. The number of hydrogen-bond acceptors (Lipinski definition) is 7. The molecule has 4 heterocycles. The lowest BCUT2D eigenvalue weighted by atomic mass is 9.70. The van der Waals surface area contributed by atoms with Gasteiger partial charge in [0.15, 0.2) is 0 Å². The third kappa shape index (κ3) is 9.33. The molecule has 3 aromatic rings. The maximum atomic E-state index is 14.6. The number of aromatic carboxylic acids is 1. The first-order valence-corrected chi connectivity index (χ1v) is 21.8. The van der Waals surface area contributed by atoms with E-state index in [1.165, 1.54) is 58.1 Å². The van der Waals surface area contributed by atoms with Crippen molar-refractivity contribution in [2.24, 2.45) is 22.2 Å². The van der Waals surface area contributed by atoms with Crippen LogP contribution >= 0.6 is 0 Å². The van der Waals surface area contributed by atoms with Crippen LogP contribution in [0.25, 0.3) is 0 Å². The minimum Gasteiger partial charge on any atom is -0.478 e. The zero-order valence-electron chi connectivity index (χ0n) is 36.0. The Morgan fingerprint density at radius 3 is 1.96 bits per heavy atom. The van der Waals surface area contributed by atoms with E-state index in [-0.39, 0.29) is 75.7 Å². The molecule has 362 valence electrons. The lowest BCUT2D eigenvalue weighted by Gasteiger charge is -2.51. The quantitative estimate of drug-likeness (QED) is 0.184. The molecule has 1 aromatic heterocycles. The Balaban J connectivity index is 1.01. The number of amides is 4. The molecule has 13 nitrogen and oxygen atoms in total. The molecule has 2 aromatic carbocycles. The third-order valence-electron chi connectivity index (χ3n) is 14.3. The minimum absolute atomic E-state index is 0.0133. The Morgan fingerprint density at radius 2 is 1.42 bits per heavy atom. The second kappa shape index (κ2) is 17.1. The number of carboxylic acid groups (broad SMARTS) is 1. The SMILES string of the molecule is C[C@@H](OCC1(C(F)(F)F)CC1)[C@H](NC(=O)[C@@H]1CN(C(=O)c2cnn(Cc3ccc(C(F)(F)F)cc3)c2)CC12CN(C(=O)C1(C(F)(F)F)CC1)C2)C(=O)N1CCC(c2ccc(C(=O)O)cc2)CC1. The van der Waals surface area contributed by atoms with Crippen LogP contribution in [0.5, 0.6) is 0 Å². The Hall–Kier alpha value is -5.67. The summed E-state index contributed by atoms with van der Waals surface area (Å²) in [6.45, 7) is -0.369. The maximum absolute atomic E-state index is 14.6. The number of aromatic nitrogens is 2. The van der Waals surface area contributed by atoms with E-state index < -0.39 is 107 Å². The van der Waals surface area contributed by atoms with Gasteiger partial charge in [-0.15, -0.1) is 0 Å². The summed E-state index contributed by atoms with van der Waals surface area (Å²) in [6.07, 6.45) is -13.1. The molecule has 3 aliphatic heterocycles. The first-order valence-electron chi connectivity index (χ1n) is 21.8. The van der Waals surface area contributed by atoms with Crippen LogP contribution in [0.1, 0.15) is 88.8 Å². The molecule has 4 amide bonds. The van der Waals surface area contributed by atoms with Gasteiger partial charge in [-0.2, -0.15) is 44.6 Å². The van der Waals surface area contributed by atoms with Crippen molar-refractivity contribution in [1.29, 1.82) is 0 Å². The van der Waals surface area contributed by atoms with Gasteiger partial charge in [0.25, 0.3) is 5.91 Å². The zero-order valence-corrected chi connectivity index (χ0v) is 36.0. The number of nitrogens with zero attached hydrogens (tertiary/aromatic N) is 5. The van der Waals surface area contributed by atoms with E-state index in [0.717, 1.165) is 22.6 Å². The fraction of sp³-hybridized carbons (Fsp3) is 0.556. The zero-order chi connectivity index (χ0) is 48.5. The Labute approximate surface area is 377 Å². The number of carboxylic acids is 1. The molecule has 2 N–H and O–H groups in total. The number of carbonyl (C=O) groups excluding carboxylic acids is 4. The number of carbonyl (C=O) groups is 5. The highest BCUT2D eigenvalue weighted by Gasteiger charge is 2.72. The molecule has 22 heteroatoms. The number of nitrogens with one attached hydrogen (secondary N) is 1. The van der Waals surface area contributed by atoms with Crippen molar-refractivity contribution in [3.05, 3.63) is 88.7 Å². The molecule has 67 heavy (non-hydrogen) atoms. The van der Waals surface area contributed by atoms with E-state index >= 15 is 0 Å². The molecular weight excluding hydrogens is 908 g/mol. The normalized spacial score (nSPS) is 21.9. The van der Waals surface area contributed by atoms with Crippen LogP contribution in [0.3, 0.4) is 0 Å². The Kier molecular flexibility index (Phi) is 12.2. The number of piperidine rings is 1. The van der Waals surface area contributed by atoms with Crippen LogP contribution in [0.2, 0.25) is 0 Å². The number of likely N-dealkylation sites (tertiary alicyclic amines) is 3. The standard InChI is InChI=1S/C45H47F9N6O7/c1-26(67-25-41(12-13-41)44(49,50)51)34(37(63)57-16-10-29(11-17-57)28-4-6-30(7-5-28)38(64)65)56-35(61)33-21-58(22-40(33)23-59(24-40)39(66)42(14-15-42)45(52,53)54)36(62)31-18-55-60(20-31)19-27-2-8-32(9-3-27)43(46,47)48/h2-9,18,20,26,29,33-34H,10-17,19,21-25H2,1H3,(H,56,61)(H,64,65)/t26-,33+,34+/m1/s1. The average molecular weight is 955 g/mol. The average Bonchev–Trinajstić information content (AvgIpc) is 4.17. The molecule has 0 unspecified atom stereocenters. The number of halogens is 9. The first-order chi connectivity index (χ1) is 31.4. The van der Waals surface area contributed by atoms with E-state index in [2.05, 4.69) is 10.4 Å². The fourth-order valence-electron chi connectivity index (χ4n) is 9.65. The Bertz CT molecular complexity index is 2380. The summed E-state index contributed by atoms with van der Waals surface area (Å²) in [4.78, 5) is 71.5. The second-order valence-electron chi connectivity index (χ2n) is 18.8. The van der Waals surface area contributed by atoms with Crippen molar-refractivity contribution in [2.75, 3.05) is 45.9 Å². The van der Waals surface area contributed by atoms with Gasteiger partial charge in [0.05, 0.1) is 53.5 Å². The first kappa shape index (κ1) is 47.8. The lowest BCUT2D eigenvalue weighted by molar-refractivity contribution is -0.206. The van der Waals surface area contributed by atoms with E-state index in [4.69, 9.17) is 4.74 Å². The van der Waals surface area contributed by atoms with Crippen molar-refractivity contribution in [3.63, 3.8) is 0 Å². The monoisotopic (exact) mass is 954 g/mol. The van der Waals surface area contributed by atoms with Gasteiger partial charge in [-0.1, -0.05) is 24.3 Å². The van der Waals surface area contributed by atoms with Crippen molar-refractivity contribution >= 4 is 29.6 Å². The van der Waals surface area contributed by atoms with Gasteiger partial charge in [0.1, 0.15) is 11.5 Å². The van der Waals surface area contributed by atoms with Crippen LogP contribution in [0, 0.1) is 22.2 Å². The maximum Gasteiger partial charge on any atom is 0.416 e. The number of hydrogen-bond donors (Lipinski definition) is 2. The summed E-state index contributed by atoms with van der Waals surface area (Å²) < 4.78 is 130. The van der Waals surface area contributed by atoms with E-state index in [1.54, 1.807) is 12.1 Å². The molecule has 0 radical (unpaired) electrons.